The molecule has 3 nitrogen and oxygen atoms in total. The number of hydrogen-bond acceptors (Lipinski definition) is 2. The molecule has 0 saturated heterocycles. The van der Waals surface area contributed by atoms with E-state index in [1.54, 1.807) is 6.92 Å². The Morgan fingerprint density at radius 1 is 1.00 bits per heavy atom. The van der Waals surface area contributed by atoms with Crippen LogP contribution in [0, 0.1) is 12.7 Å². The summed E-state index contributed by atoms with van der Waals surface area (Å²) in [6, 6.07) is 17.3. The summed E-state index contributed by atoms with van der Waals surface area (Å²) in [5.41, 5.74) is 1.39. The number of hydrogen-bond donors (Lipinski definition) is 1. The summed E-state index contributed by atoms with van der Waals surface area (Å²) in [5.74, 6) is -0.568. The van der Waals surface area contributed by atoms with Gasteiger partial charge in [-0.2, -0.15) is 0 Å². The monoisotopic (exact) mass is 329 g/mol. The zero-order valence-electron chi connectivity index (χ0n) is 12.6. The topological polar surface area (TPSA) is 46.2 Å². The van der Waals surface area contributed by atoms with Crippen molar-refractivity contribution in [1.29, 1.82) is 0 Å². The molecule has 3 rings (SSSR count). The Morgan fingerprint density at radius 2 is 1.74 bits per heavy atom. The third kappa shape index (κ3) is 3.25. The van der Waals surface area contributed by atoms with E-state index < -0.39 is 15.8 Å². The molecule has 0 atom stereocenters. The van der Waals surface area contributed by atoms with E-state index >= 15 is 0 Å². The average molecular weight is 329 g/mol. The summed E-state index contributed by atoms with van der Waals surface area (Å²) in [6.45, 7) is 1.80. The number of sulfonamides is 1. The molecule has 0 bridgehead atoms. The summed E-state index contributed by atoms with van der Waals surface area (Å²) in [5, 5.41) is 2.04. The maximum atomic E-state index is 13.4. The van der Waals surface area contributed by atoms with E-state index in [-0.39, 0.29) is 11.4 Å². The van der Waals surface area contributed by atoms with Gasteiger partial charge in [-0.15, -0.1) is 0 Å². The predicted molar refractivity (Wildman–Crippen MR) is 89.1 cm³/mol. The average Bonchev–Trinajstić information content (AvgIpc) is 2.55. The minimum absolute atomic E-state index is 0.0299. The Bertz CT molecular complexity index is 962. The third-order valence-corrected chi connectivity index (χ3v) is 5.32. The highest BCUT2D eigenvalue weighted by atomic mass is 32.2. The largest absolute Gasteiger partial charge is 0.241 e. The predicted octanol–water partition coefficient (Wildman–Crippen LogP) is 3.77. The van der Waals surface area contributed by atoms with E-state index in [4.69, 9.17) is 0 Å². The fraction of sp³-hybridized carbons (Fsp3) is 0.111. The zero-order valence-corrected chi connectivity index (χ0v) is 13.4. The molecule has 3 aromatic carbocycles. The minimum atomic E-state index is -3.77. The number of halogens is 1. The van der Waals surface area contributed by atoms with Gasteiger partial charge in [-0.3, -0.25) is 0 Å². The maximum Gasteiger partial charge on any atom is 0.241 e. The lowest BCUT2D eigenvalue weighted by molar-refractivity contribution is 0.576. The highest BCUT2D eigenvalue weighted by Crippen LogP contribution is 2.20. The number of nitrogens with one attached hydrogen (secondary N) is 1. The normalized spacial score (nSPS) is 11.7. The second-order valence-electron chi connectivity index (χ2n) is 5.37. The first-order valence-corrected chi connectivity index (χ1v) is 8.68. The molecule has 0 unspecified atom stereocenters. The molecule has 0 aliphatic rings. The van der Waals surface area contributed by atoms with Gasteiger partial charge in [0.1, 0.15) is 5.82 Å². The van der Waals surface area contributed by atoms with Crippen molar-refractivity contribution in [3.8, 4) is 0 Å². The van der Waals surface area contributed by atoms with Gasteiger partial charge >= 0.3 is 0 Å². The van der Waals surface area contributed by atoms with Crippen molar-refractivity contribution in [2.75, 3.05) is 0 Å². The lowest BCUT2D eigenvalue weighted by Crippen LogP contribution is -2.24. The first-order chi connectivity index (χ1) is 11.0. The summed E-state index contributed by atoms with van der Waals surface area (Å²) in [7, 11) is -3.77. The van der Waals surface area contributed by atoms with Crippen molar-refractivity contribution in [3.05, 3.63) is 77.6 Å². The van der Waals surface area contributed by atoms with Crippen LogP contribution in [0.5, 0.6) is 0 Å². The van der Waals surface area contributed by atoms with Gasteiger partial charge in [0.2, 0.25) is 10.0 Å². The molecule has 118 valence electrons. The molecule has 0 aromatic heterocycles. The van der Waals surface area contributed by atoms with Crippen LogP contribution in [0.3, 0.4) is 0 Å². The van der Waals surface area contributed by atoms with Crippen molar-refractivity contribution >= 4 is 20.8 Å². The Kier molecular flexibility index (Phi) is 4.15. The molecule has 1 N–H and O–H groups in total. The molecule has 5 heteroatoms. The van der Waals surface area contributed by atoms with E-state index in [1.165, 1.54) is 12.1 Å². The summed E-state index contributed by atoms with van der Waals surface area (Å²) in [4.78, 5) is -0.0299. The van der Waals surface area contributed by atoms with Crippen molar-refractivity contribution in [3.63, 3.8) is 0 Å². The van der Waals surface area contributed by atoms with Gasteiger partial charge in [0, 0.05) is 6.54 Å². The fourth-order valence-electron chi connectivity index (χ4n) is 2.56. The lowest BCUT2D eigenvalue weighted by Gasteiger charge is -2.11. The second kappa shape index (κ2) is 6.10. The van der Waals surface area contributed by atoms with Gasteiger partial charge in [0.15, 0.2) is 0 Å². The molecular weight excluding hydrogens is 313 g/mol. The second-order valence-corrected chi connectivity index (χ2v) is 7.11. The van der Waals surface area contributed by atoms with Crippen molar-refractivity contribution in [2.24, 2.45) is 0 Å². The minimum Gasteiger partial charge on any atom is -0.207 e. The van der Waals surface area contributed by atoms with E-state index in [9.17, 15) is 12.8 Å². The standard InChI is InChI=1S/C18H16FNO2S/c1-13-9-10-16(19)11-18(13)23(21,22)20-12-15-7-4-6-14-5-2-3-8-17(14)15/h2-11,20H,12H2,1H3. The van der Waals surface area contributed by atoms with Crippen LogP contribution in [-0.4, -0.2) is 8.42 Å². The van der Waals surface area contributed by atoms with Crippen molar-refractivity contribution < 1.29 is 12.8 Å². The van der Waals surface area contributed by atoms with E-state index in [0.717, 1.165) is 22.4 Å². The Hall–Kier alpha value is -2.24. The van der Waals surface area contributed by atoms with Crippen LogP contribution in [0.15, 0.2) is 65.6 Å². The molecule has 3 aromatic rings. The molecule has 0 saturated carbocycles. The number of benzene rings is 3. The summed E-state index contributed by atoms with van der Waals surface area (Å²) >= 11 is 0. The first kappa shape index (κ1) is 15.6. The van der Waals surface area contributed by atoms with Gasteiger partial charge in [-0.05, 0) is 41.0 Å². The van der Waals surface area contributed by atoms with Crippen LogP contribution in [0.1, 0.15) is 11.1 Å². The van der Waals surface area contributed by atoms with Gasteiger partial charge in [-0.1, -0.05) is 48.5 Å². The molecule has 0 heterocycles. The molecule has 0 spiro atoms. The van der Waals surface area contributed by atoms with Crippen LogP contribution in [-0.2, 0) is 16.6 Å². The van der Waals surface area contributed by atoms with E-state index in [0.29, 0.717) is 5.56 Å². The van der Waals surface area contributed by atoms with Gasteiger partial charge in [0.05, 0.1) is 4.90 Å². The Morgan fingerprint density at radius 3 is 2.57 bits per heavy atom. The fourth-order valence-corrected chi connectivity index (χ4v) is 3.82. The van der Waals surface area contributed by atoms with Gasteiger partial charge in [0.25, 0.3) is 0 Å². The molecule has 0 fully saturated rings. The molecule has 0 amide bonds. The van der Waals surface area contributed by atoms with Crippen LogP contribution >= 0.6 is 0 Å². The lowest BCUT2D eigenvalue weighted by atomic mass is 10.1. The van der Waals surface area contributed by atoms with Crippen LogP contribution in [0.2, 0.25) is 0 Å². The van der Waals surface area contributed by atoms with Crippen molar-refractivity contribution in [1.82, 2.24) is 4.72 Å². The van der Waals surface area contributed by atoms with E-state index in [2.05, 4.69) is 4.72 Å². The summed E-state index contributed by atoms with van der Waals surface area (Å²) in [6.07, 6.45) is 0. The number of rotatable bonds is 4. The molecule has 0 aliphatic carbocycles. The SMILES string of the molecule is Cc1ccc(F)cc1S(=O)(=O)NCc1cccc2ccccc12. The third-order valence-electron chi connectivity index (χ3n) is 3.77. The Labute approximate surface area is 134 Å². The highest BCUT2D eigenvalue weighted by Gasteiger charge is 2.17. The zero-order chi connectivity index (χ0) is 16.4. The van der Waals surface area contributed by atoms with Crippen LogP contribution < -0.4 is 4.72 Å². The smallest absolute Gasteiger partial charge is 0.207 e. The molecule has 23 heavy (non-hydrogen) atoms. The van der Waals surface area contributed by atoms with E-state index in [1.807, 2.05) is 42.5 Å². The number of aryl methyl sites for hydroxylation is 1. The molecule has 0 radical (unpaired) electrons. The molecular formula is C18H16FNO2S. The first-order valence-electron chi connectivity index (χ1n) is 7.20. The quantitative estimate of drug-likeness (QED) is 0.792. The van der Waals surface area contributed by atoms with Gasteiger partial charge in [-0.25, -0.2) is 17.5 Å². The van der Waals surface area contributed by atoms with Crippen LogP contribution in [0.25, 0.3) is 10.8 Å². The molecule has 0 aliphatic heterocycles. The summed E-state index contributed by atoms with van der Waals surface area (Å²) < 4.78 is 40.8. The Balaban J connectivity index is 1.91. The maximum absolute atomic E-state index is 13.4. The van der Waals surface area contributed by atoms with Crippen LogP contribution in [0.4, 0.5) is 4.39 Å². The van der Waals surface area contributed by atoms with Gasteiger partial charge < -0.3 is 0 Å². The highest BCUT2D eigenvalue weighted by molar-refractivity contribution is 7.89. The van der Waals surface area contributed by atoms with Crippen molar-refractivity contribution in [2.45, 2.75) is 18.4 Å². The number of fused-ring (bicyclic) bond motifs is 1.